The first kappa shape index (κ1) is 16.3. The molecule has 0 saturated carbocycles. The number of methoxy groups -OCH3 is 2. The van der Waals surface area contributed by atoms with Gasteiger partial charge < -0.3 is 25.7 Å². The Morgan fingerprint density at radius 2 is 2.10 bits per heavy atom. The van der Waals surface area contributed by atoms with Crippen LogP contribution in [0.2, 0.25) is 0 Å². The Labute approximate surface area is 119 Å². The zero-order valence-corrected chi connectivity index (χ0v) is 12.4. The number of nitrogens with zero attached hydrogens (tertiary/aromatic N) is 1. The zero-order chi connectivity index (χ0) is 15.2. The van der Waals surface area contributed by atoms with Gasteiger partial charge in [0.1, 0.15) is 5.75 Å². The molecule has 1 rings (SSSR count). The summed E-state index contributed by atoms with van der Waals surface area (Å²) in [5, 5.41) is 15.1. The number of hydrogen-bond donors (Lipinski definition) is 3. The summed E-state index contributed by atoms with van der Waals surface area (Å²) in [7, 11) is 3.23. The van der Waals surface area contributed by atoms with Gasteiger partial charge in [-0.3, -0.25) is 0 Å². The third-order valence-electron chi connectivity index (χ3n) is 3.08. The molecule has 0 aliphatic rings. The van der Waals surface area contributed by atoms with E-state index in [0.717, 1.165) is 5.56 Å². The van der Waals surface area contributed by atoms with Crippen LogP contribution < -0.4 is 15.8 Å². The molecule has 0 aliphatic carbocycles. The number of nitrogens with one attached hydrogen (secondary N) is 1. The predicted molar refractivity (Wildman–Crippen MR) is 78.3 cm³/mol. The molecule has 20 heavy (non-hydrogen) atoms. The van der Waals surface area contributed by atoms with Crippen molar-refractivity contribution in [1.82, 2.24) is 5.32 Å². The maximum Gasteiger partial charge on any atom is 0.173 e. The fraction of sp³-hybridized carbons (Fsp3) is 0.500. The van der Waals surface area contributed by atoms with Crippen LogP contribution in [0.1, 0.15) is 25.0 Å². The number of ether oxygens (including phenoxy) is 2. The Morgan fingerprint density at radius 3 is 2.65 bits per heavy atom. The summed E-state index contributed by atoms with van der Waals surface area (Å²) in [6.45, 7) is 5.39. The van der Waals surface area contributed by atoms with Crippen LogP contribution in [-0.2, 0) is 11.3 Å². The van der Waals surface area contributed by atoms with E-state index in [0.29, 0.717) is 24.4 Å². The lowest BCUT2D eigenvalue weighted by molar-refractivity contribution is 0.0230. The van der Waals surface area contributed by atoms with Crippen molar-refractivity contribution in [1.29, 1.82) is 0 Å². The quantitative estimate of drug-likeness (QED) is 0.303. The van der Waals surface area contributed by atoms with E-state index in [2.05, 4.69) is 10.5 Å². The molecule has 112 valence electrons. The average Bonchev–Trinajstić information content (AvgIpc) is 2.46. The number of oxime groups is 1. The summed E-state index contributed by atoms with van der Waals surface area (Å²) in [5.41, 5.74) is 7.00. The van der Waals surface area contributed by atoms with Crippen molar-refractivity contribution in [3.63, 3.8) is 0 Å². The molecule has 0 atom stereocenters. The summed E-state index contributed by atoms with van der Waals surface area (Å²) in [5.74, 6) is 0.599. The largest absolute Gasteiger partial charge is 0.496 e. The highest BCUT2D eigenvalue weighted by Crippen LogP contribution is 2.19. The van der Waals surface area contributed by atoms with E-state index >= 15 is 0 Å². The van der Waals surface area contributed by atoms with Crippen LogP contribution in [0, 0.1) is 0 Å². The molecule has 4 N–H and O–H groups in total. The summed E-state index contributed by atoms with van der Waals surface area (Å²) in [6, 6.07) is 5.56. The van der Waals surface area contributed by atoms with E-state index in [1.807, 2.05) is 26.0 Å². The lowest BCUT2D eigenvalue weighted by Gasteiger charge is -2.23. The van der Waals surface area contributed by atoms with Crippen molar-refractivity contribution in [2.45, 2.75) is 26.0 Å². The molecule has 0 bridgehead atoms. The van der Waals surface area contributed by atoms with Gasteiger partial charge in [0.2, 0.25) is 0 Å². The smallest absolute Gasteiger partial charge is 0.173 e. The first-order chi connectivity index (χ1) is 9.43. The number of hydrogen-bond acceptors (Lipinski definition) is 5. The van der Waals surface area contributed by atoms with Crippen LogP contribution in [0.4, 0.5) is 0 Å². The highest BCUT2D eigenvalue weighted by molar-refractivity contribution is 5.99. The minimum atomic E-state index is -0.221. The summed E-state index contributed by atoms with van der Waals surface area (Å²) < 4.78 is 10.5. The van der Waals surface area contributed by atoms with E-state index in [9.17, 15) is 0 Å². The number of benzene rings is 1. The lowest BCUT2D eigenvalue weighted by Crippen LogP contribution is -2.36. The number of nitrogens with two attached hydrogens (primary N) is 1. The van der Waals surface area contributed by atoms with Crippen molar-refractivity contribution in [2.75, 3.05) is 20.8 Å². The SMILES string of the molecule is COc1ccc(CNCC(C)(C)OC)cc1/C(N)=N/O. The van der Waals surface area contributed by atoms with Crippen molar-refractivity contribution in [3.05, 3.63) is 29.3 Å². The van der Waals surface area contributed by atoms with E-state index < -0.39 is 0 Å². The summed E-state index contributed by atoms with van der Waals surface area (Å²) in [4.78, 5) is 0. The normalized spacial score (nSPS) is 12.5. The van der Waals surface area contributed by atoms with Gasteiger partial charge in [-0.25, -0.2) is 0 Å². The van der Waals surface area contributed by atoms with Gasteiger partial charge in [-0.2, -0.15) is 0 Å². The molecule has 0 heterocycles. The highest BCUT2D eigenvalue weighted by atomic mass is 16.5. The Bertz CT molecular complexity index is 473. The minimum Gasteiger partial charge on any atom is -0.496 e. The lowest BCUT2D eigenvalue weighted by atomic mass is 10.1. The van der Waals surface area contributed by atoms with Crippen LogP contribution >= 0.6 is 0 Å². The van der Waals surface area contributed by atoms with Gasteiger partial charge in [-0.1, -0.05) is 11.2 Å². The molecule has 6 nitrogen and oxygen atoms in total. The molecular formula is C14H23N3O3. The molecule has 1 aromatic carbocycles. The van der Waals surface area contributed by atoms with Gasteiger partial charge in [-0.05, 0) is 31.5 Å². The second kappa shape index (κ2) is 7.12. The van der Waals surface area contributed by atoms with Gasteiger partial charge >= 0.3 is 0 Å². The molecule has 0 aromatic heterocycles. The topological polar surface area (TPSA) is 89.1 Å². The molecule has 0 fully saturated rings. The molecular weight excluding hydrogens is 258 g/mol. The van der Waals surface area contributed by atoms with Crippen molar-refractivity contribution < 1.29 is 14.7 Å². The molecule has 0 amide bonds. The van der Waals surface area contributed by atoms with Crippen LogP contribution in [0.3, 0.4) is 0 Å². The molecule has 6 heteroatoms. The predicted octanol–water partition coefficient (Wildman–Crippen LogP) is 1.30. The Hall–Kier alpha value is -1.79. The standard InChI is InChI=1S/C14H23N3O3/c1-14(2,20-4)9-16-8-10-5-6-12(19-3)11(7-10)13(15)17-18/h5-7,16,18H,8-9H2,1-4H3,(H2,15,17). The van der Waals surface area contributed by atoms with Crippen LogP contribution in [0.5, 0.6) is 5.75 Å². The van der Waals surface area contributed by atoms with Crippen LogP contribution in [0.15, 0.2) is 23.4 Å². The Balaban J connectivity index is 2.78. The highest BCUT2D eigenvalue weighted by Gasteiger charge is 2.15. The van der Waals surface area contributed by atoms with Crippen molar-refractivity contribution in [2.24, 2.45) is 10.9 Å². The maximum absolute atomic E-state index is 8.79. The second-order valence-corrected chi connectivity index (χ2v) is 5.09. The van der Waals surface area contributed by atoms with Gasteiger partial charge in [0, 0.05) is 20.2 Å². The Morgan fingerprint density at radius 1 is 1.40 bits per heavy atom. The molecule has 0 spiro atoms. The first-order valence-corrected chi connectivity index (χ1v) is 6.34. The van der Waals surface area contributed by atoms with E-state index in [-0.39, 0.29) is 11.4 Å². The summed E-state index contributed by atoms with van der Waals surface area (Å²) >= 11 is 0. The average molecular weight is 281 g/mol. The minimum absolute atomic E-state index is 0.0286. The maximum atomic E-state index is 8.79. The van der Waals surface area contributed by atoms with Crippen LogP contribution in [0.25, 0.3) is 0 Å². The monoisotopic (exact) mass is 281 g/mol. The van der Waals surface area contributed by atoms with Gasteiger partial charge in [0.25, 0.3) is 0 Å². The van der Waals surface area contributed by atoms with E-state index in [1.165, 1.54) is 0 Å². The van der Waals surface area contributed by atoms with E-state index in [4.69, 9.17) is 20.4 Å². The molecule has 0 radical (unpaired) electrons. The van der Waals surface area contributed by atoms with Crippen molar-refractivity contribution in [3.8, 4) is 5.75 Å². The number of amidine groups is 1. The fourth-order valence-corrected chi connectivity index (χ4v) is 1.70. The molecule has 0 unspecified atom stereocenters. The third-order valence-corrected chi connectivity index (χ3v) is 3.08. The fourth-order valence-electron chi connectivity index (χ4n) is 1.70. The molecule has 0 saturated heterocycles. The van der Waals surface area contributed by atoms with E-state index in [1.54, 1.807) is 20.3 Å². The zero-order valence-electron chi connectivity index (χ0n) is 12.4. The second-order valence-electron chi connectivity index (χ2n) is 5.09. The van der Waals surface area contributed by atoms with Crippen molar-refractivity contribution >= 4 is 5.84 Å². The molecule has 1 aromatic rings. The molecule has 0 aliphatic heterocycles. The number of rotatable bonds is 7. The third kappa shape index (κ3) is 4.40. The Kier molecular flexibility index (Phi) is 5.79. The first-order valence-electron chi connectivity index (χ1n) is 6.34. The van der Waals surface area contributed by atoms with Gasteiger partial charge in [0.15, 0.2) is 5.84 Å². The van der Waals surface area contributed by atoms with Gasteiger partial charge in [-0.15, -0.1) is 0 Å². The van der Waals surface area contributed by atoms with Crippen LogP contribution in [-0.4, -0.2) is 37.4 Å². The van der Waals surface area contributed by atoms with Gasteiger partial charge in [0.05, 0.1) is 18.3 Å². The summed E-state index contributed by atoms with van der Waals surface area (Å²) in [6.07, 6.45) is 0.